The van der Waals surface area contributed by atoms with Crippen LogP contribution in [0.2, 0.25) is 0 Å². The number of carbonyl (C=O) groups is 2. The van der Waals surface area contributed by atoms with Crippen molar-refractivity contribution in [3.63, 3.8) is 0 Å². The molecule has 3 N–H and O–H groups in total. The monoisotopic (exact) mass is 515 g/mol. The molecule has 2 heterocycles. The fourth-order valence-corrected chi connectivity index (χ4v) is 3.43. The normalized spacial score (nSPS) is 11.2. The Hall–Kier alpha value is -4.80. The SMILES string of the molecule is CN(C)C(=O)c1ccc(-c2cnc(N)c(-c3nnc(-c4ccc(CNC(=O)OC(C)(C)C)cc4)o3)n2)cc1. The van der Waals surface area contributed by atoms with Crippen molar-refractivity contribution >= 4 is 17.8 Å². The number of ether oxygens (including phenoxy) is 1. The molecule has 11 nitrogen and oxygen atoms in total. The van der Waals surface area contributed by atoms with Crippen molar-refractivity contribution in [1.29, 1.82) is 0 Å². The number of nitrogen functional groups attached to an aromatic ring is 1. The maximum atomic E-state index is 12.2. The van der Waals surface area contributed by atoms with Gasteiger partial charge in [0.15, 0.2) is 11.5 Å². The van der Waals surface area contributed by atoms with Gasteiger partial charge in [-0.25, -0.2) is 14.8 Å². The van der Waals surface area contributed by atoms with Crippen molar-refractivity contribution < 1.29 is 18.7 Å². The molecule has 0 radical (unpaired) electrons. The van der Waals surface area contributed by atoms with Gasteiger partial charge in [-0.2, -0.15) is 0 Å². The Morgan fingerprint density at radius 2 is 1.61 bits per heavy atom. The van der Waals surface area contributed by atoms with Gasteiger partial charge in [0.25, 0.3) is 11.8 Å². The summed E-state index contributed by atoms with van der Waals surface area (Å²) in [5.41, 5.74) is 9.18. The lowest BCUT2D eigenvalue weighted by Gasteiger charge is -2.19. The lowest BCUT2D eigenvalue weighted by molar-refractivity contribution is 0.0523. The molecule has 0 unspecified atom stereocenters. The van der Waals surface area contributed by atoms with Gasteiger partial charge in [-0.1, -0.05) is 24.3 Å². The maximum absolute atomic E-state index is 12.2. The fraction of sp³-hybridized carbons (Fsp3) is 0.259. The number of nitrogens with one attached hydrogen (secondary N) is 1. The molecule has 0 bridgehead atoms. The van der Waals surface area contributed by atoms with E-state index in [0.29, 0.717) is 23.4 Å². The van der Waals surface area contributed by atoms with Crippen LogP contribution >= 0.6 is 0 Å². The molecule has 0 fully saturated rings. The molecule has 0 saturated carbocycles. The zero-order chi connectivity index (χ0) is 27.4. The van der Waals surface area contributed by atoms with Gasteiger partial charge in [0.05, 0.1) is 11.9 Å². The van der Waals surface area contributed by atoms with Gasteiger partial charge in [-0.05, 0) is 50.6 Å². The van der Waals surface area contributed by atoms with Gasteiger partial charge in [0.1, 0.15) is 5.60 Å². The Kier molecular flexibility index (Phi) is 7.38. The number of benzene rings is 2. The summed E-state index contributed by atoms with van der Waals surface area (Å²) in [7, 11) is 3.40. The number of carbonyl (C=O) groups excluding carboxylic acids is 2. The van der Waals surface area contributed by atoms with Crippen LogP contribution in [0.5, 0.6) is 0 Å². The van der Waals surface area contributed by atoms with E-state index in [-0.39, 0.29) is 29.2 Å². The van der Waals surface area contributed by atoms with Gasteiger partial charge in [0, 0.05) is 37.3 Å². The van der Waals surface area contributed by atoms with E-state index >= 15 is 0 Å². The Bertz CT molecular complexity index is 1440. The van der Waals surface area contributed by atoms with Crippen LogP contribution in [0.4, 0.5) is 10.6 Å². The highest BCUT2D eigenvalue weighted by atomic mass is 16.6. The lowest BCUT2D eigenvalue weighted by Crippen LogP contribution is -2.32. The molecule has 0 spiro atoms. The summed E-state index contributed by atoms with van der Waals surface area (Å²) < 4.78 is 11.1. The predicted molar refractivity (Wildman–Crippen MR) is 142 cm³/mol. The van der Waals surface area contributed by atoms with Crippen LogP contribution in [0.15, 0.2) is 59.1 Å². The van der Waals surface area contributed by atoms with Gasteiger partial charge in [-0.3, -0.25) is 4.79 Å². The van der Waals surface area contributed by atoms with E-state index in [9.17, 15) is 9.59 Å². The smallest absolute Gasteiger partial charge is 0.407 e. The molecule has 11 heteroatoms. The first kappa shape index (κ1) is 26.3. The molecule has 196 valence electrons. The third kappa shape index (κ3) is 6.30. The standard InChI is InChI=1S/C27H29N7O4/c1-27(2,3)38-26(36)30-14-16-6-8-18(9-7-16)23-32-33-24(37-23)21-22(28)29-15-20(31-21)17-10-12-19(13-11-17)25(35)34(4)5/h6-13,15H,14H2,1-5H3,(H2,28,29)(H,30,36). The van der Waals surface area contributed by atoms with Gasteiger partial charge in [-0.15, -0.1) is 10.2 Å². The van der Waals surface area contributed by atoms with Crippen molar-refractivity contribution in [3.8, 4) is 34.3 Å². The first-order valence-corrected chi connectivity index (χ1v) is 11.8. The molecule has 2 aromatic heterocycles. The van der Waals surface area contributed by atoms with E-state index in [2.05, 4.69) is 25.5 Å². The molecule has 0 aliphatic carbocycles. The number of hydrogen-bond acceptors (Lipinski definition) is 9. The Balaban J connectivity index is 1.49. The summed E-state index contributed by atoms with van der Waals surface area (Å²) >= 11 is 0. The zero-order valence-corrected chi connectivity index (χ0v) is 21.8. The fourth-order valence-electron chi connectivity index (χ4n) is 3.43. The minimum absolute atomic E-state index is 0.0913. The van der Waals surface area contributed by atoms with Crippen LogP contribution < -0.4 is 11.1 Å². The first-order valence-electron chi connectivity index (χ1n) is 11.8. The van der Waals surface area contributed by atoms with Crippen LogP contribution in [0.25, 0.3) is 34.3 Å². The summed E-state index contributed by atoms with van der Waals surface area (Å²) in [6.07, 6.45) is 1.06. The molecule has 0 aliphatic rings. The topological polar surface area (TPSA) is 149 Å². The van der Waals surface area contributed by atoms with Crippen LogP contribution in [-0.2, 0) is 11.3 Å². The van der Waals surface area contributed by atoms with Crippen molar-refractivity contribution in [2.45, 2.75) is 32.9 Å². The molecular formula is C27H29N7O4. The van der Waals surface area contributed by atoms with Crippen molar-refractivity contribution in [2.75, 3.05) is 19.8 Å². The van der Waals surface area contributed by atoms with E-state index in [1.54, 1.807) is 44.6 Å². The molecule has 0 saturated heterocycles. The number of amides is 2. The van der Waals surface area contributed by atoms with Gasteiger partial charge < -0.3 is 25.1 Å². The first-order chi connectivity index (χ1) is 18.0. The van der Waals surface area contributed by atoms with Crippen molar-refractivity contribution in [1.82, 2.24) is 30.4 Å². The lowest BCUT2D eigenvalue weighted by atomic mass is 10.1. The predicted octanol–water partition coefficient (Wildman–Crippen LogP) is 4.17. The minimum atomic E-state index is -0.562. The largest absolute Gasteiger partial charge is 0.444 e. The number of nitrogens with zero attached hydrogens (tertiary/aromatic N) is 5. The molecule has 0 aliphatic heterocycles. The highest BCUT2D eigenvalue weighted by Gasteiger charge is 2.18. The van der Waals surface area contributed by atoms with Crippen molar-refractivity contribution in [2.24, 2.45) is 0 Å². The summed E-state index contributed by atoms with van der Waals surface area (Å²) in [6, 6.07) is 14.3. The molecule has 2 aromatic carbocycles. The number of anilines is 1. The number of hydrogen-bond donors (Lipinski definition) is 2. The Morgan fingerprint density at radius 1 is 0.974 bits per heavy atom. The summed E-state index contributed by atoms with van der Waals surface area (Å²) in [5.74, 6) is 0.463. The van der Waals surface area contributed by atoms with Crippen LogP contribution in [0.3, 0.4) is 0 Å². The second-order valence-corrected chi connectivity index (χ2v) is 9.73. The summed E-state index contributed by atoms with van der Waals surface area (Å²) in [4.78, 5) is 34.3. The van der Waals surface area contributed by atoms with Crippen molar-refractivity contribution in [3.05, 3.63) is 65.9 Å². The number of alkyl carbamates (subject to hydrolysis) is 1. The second kappa shape index (κ2) is 10.7. The minimum Gasteiger partial charge on any atom is -0.444 e. The molecule has 2 amide bonds. The average Bonchev–Trinajstić information content (AvgIpc) is 3.37. The molecule has 4 rings (SSSR count). The third-order valence-electron chi connectivity index (χ3n) is 5.30. The molecule has 0 atom stereocenters. The Labute approximate surface area is 220 Å². The maximum Gasteiger partial charge on any atom is 0.407 e. The Morgan fingerprint density at radius 3 is 2.24 bits per heavy atom. The summed E-state index contributed by atoms with van der Waals surface area (Å²) in [5, 5.41) is 11.0. The van der Waals surface area contributed by atoms with E-state index in [1.807, 2.05) is 45.0 Å². The molecule has 4 aromatic rings. The average molecular weight is 516 g/mol. The highest BCUT2D eigenvalue weighted by molar-refractivity contribution is 5.94. The quantitative estimate of drug-likeness (QED) is 0.386. The van der Waals surface area contributed by atoms with Crippen LogP contribution in [0.1, 0.15) is 36.7 Å². The van der Waals surface area contributed by atoms with E-state index < -0.39 is 11.7 Å². The van der Waals surface area contributed by atoms with Crippen LogP contribution in [0, 0.1) is 0 Å². The highest BCUT2D eigenvalue weighted by Crippen LogP contribution is 2.28. The number of nitrogens with two attached hydrogens (primary N) is 1. The van der Waals surface area contributed by atoms with E-state index in [1.165, 1.54) is 4.90 Å². The third-order valence-corrected chi connectivity index (χ3v) is 5.30. The summed E-state index contributed by atoms with van der Waals surface area (Å²) in [6.45, 7) is 5.74. The second-order valence-electron chi connectivity index (χ2n) is 9.73. The van der Waals surface area contributed by atoms with Gasteiger partial charge >= 0.3 is 6.09 Å². The molecule has 38 heavy (non-hydrogen) atoms. The van der Waals surface area contributed by atoms with Gasteiger partial charge in [0.2, 0.25) is 5.89 Å². The molecular weight excluding hydrogens is 486 g/mol. The van der Waals surface area contributed by atoms with E-state index in [4.69, 9.17) is 14.9 Å². The number of rotatable bonds is 6. The van der Waals surface area contributed by atoms with Crippen LogP contribution in [-0.4, -0.2) is 56.8 Å². The number of aromatic nitrogens is 4. The zero-order valence-electron chi connectivity index (χ0n) is 21.8. The van der Waals surface area contributed by atoms with E-state index in [0.717, 1.165) is 11.1 Å².